The molecule has 0 radical (unpaired) electrons. The van der Waals surface area contributed by atoms with Crippen LogP contribution in [0.25, 0.3) is 0 Å². The van der Waals surface area contributed by atoms with Crippen molar-refractivity contribution >= 4 is 5.91 Å². The fourth-order valence-corrected chi connectivity index (χ4v) is 0.757. The van der Waals surface area contributed by atoms with E-state index in [0.29, 0.717) is 0 Å². The lowest BCUT2D eigenvalue weighted by molar-refractivity contribution is -0.137. The smallest absolute Gasteiger partial charge is 0.227 e. The lowest BCUT2D eigenvalue weighted by Crippen LogP contribution is -2.35. The zero-order chi connectivity index (χ0) is 10.4. The number of carbonyl (C=O) groups excluding carboxylic acids is 1. The highest BCUT2D eigenvalue weighted by molar-refractivity contribution is 5.81. The summed E-state index contributed by atoms with van der Waals surface area (Å²) in [6.07, 6.45) is 0.893. The predicted octanol–water partition coefficient (Wildman–Crippen LogP) is 2.54. The minimum atomic E-state index is -0.191. The molecule has 0 aliphatic heterocycles. The molecule has 0 atom stereocenters. The molecule has 0 aromatic heterocycles. The van der Waals surface area contributed by atoms with Crippen LogP contribution >= 0.6 is 0 Å². The second-order valence-corrected chi connectivity index (χ2v) is 3.44. The quantitative estimate of drug-likeness (QED) is 0.628. The molecule has 0 heterocycles. The molecular formula is C10H23NO. The van der Waals surface area contributed by atoms with Crippen LogP contribution in [0, 0.1) is 5.41 Å². The maximum absolute atomic E-state index is 11.3. The maximum Gasteiger partial charge on any atom is 0.227 e. The van der Waals surface area contributed by atoms with Crippen molar-refractivity contribution < 1.29 is 4.79 Å². The van der Waals surface area contributed by atoms with Crippen LogP contribution < -0.4 is 0 Å². The Balaban J connectivity index is 0. The topological polar surface area (TPSA) is 20.3 Å². The third kappa shape index (κ3) is 4.37. The first kappa shape index (κ1) is 14.0. The molecule has 0 aromatic rings. The van der Waals surface area contributed by atoms with Crippen molar-refractivity contribution in [2.75, 3.05) is 14.1 Å². The Hall–Kier alpha value is -0.530. The molecule has 0 unspecified atom stereocenters. The number of nitrogens with zero attached hydrogens (tertiary/aromatic N) is 1. The van der Waals surface area contributed by atoms with Crippen molar-refractivity contribution in [3.05, 3.63) is 0 Å². The number of carbonyl (C=O) groups is 1. The molecule has 1 amide bonds. The molecule has 2 nitrogen and oxygen atoms in total. The Labute approximate surface area is 77.0 Å². The number of hydrogen-bond donors (Lipinski definition) is 0. The Morgan fingerprint density at radius 3 is 1.67 bits per heavy atom. The largest absolute Gasteiger partial charge is 0.348 e. The fraction of sp³-hybridized carbons (Fsp3) is 0.900. The van der Waals surface area contributed by atoms with Gasteiger partial charge in [0.2, 0.25) is 5.91 Å². The van der Waals surface area contributed by atoms with Gasteiger partial charge in [-0.25, -0.2) is 0 Å². The molecule has 0 N–H and O–H groups in total. The van der Waals surface area contributed by atoms with Crippen LogP contribution in [0.15, 0.2) is 0 Å². The molecule has 0 aliphatic rings. The van der Waals surface area contributed by atoms with Gasteiger partial charge in [0, 0.05) is 19.5 Å². The Bertz CT molecular complexity index is 128. The third-order valence-electron chi connectivity index (χ3n) is 1.87. The molecule has 2 heteroatoms. The van der Waals surface area contributed by atoms with Crippen LogP contribution in [-0.4, -0.2) is 24.9 Å². The summed E-state index contributed by atoms with van der Waals surface area (Å²) in [4.78, 5) is 13.0. The van der Waals surface area contributed by atoms with E-state index >= 15 is 0 Å². The van der Waals surface area contributed by atoms with Gasteiger partial charge in [-0.3, -0.25) is 4.79 Å². The van der Waals surface area contributed by atoms with Gasteiger partial charge in [0.05, 0.1) is 0 Å². The van der Waals surface area contributed by atoms with Crippen LogP contribution in [0.5, 0.6) is 0 Å². The van der Waals surface area contributed by atoms with E-state index in [0.717, 1.165) is 6.42 Å². The van der Waals surface area contributed by atoms with E-state index < -0.39 is 0 Å². The van der Waals surface area contributed by atoms with Gasteiger partial charge >= 0.3 is 0 Å². The summed E-state index contributed by atoms with van der Waals surface area (Å²) in [5.74, 6) is 0.204. The second-order valence-electron chi connectivity index (χ2n) is 3.44. The minimum Gasteiger partial charge on any atom is -0.348 e. The highest BCUT2D eigenvalue weighted by Crippen LogP contribution is 2.21. The highest BCUT2D eigenvalue weighted by atomic mass is 16.2. The zero-order valence-electron chi connectivity index (χ0n) is 9.56. The molecule has 0 aliphatic carbocycles. The number of amides is 1. The molecule has 0 spiro atoms. The van der Waals surface area contributed by atoms with E-state index in [4.69, 9.17) is 0 Å². The van der Waals surface area contributed by atoms with Gasteiger partial charge in [0.15, 0.2) is 0 Å². The summed E-state index contributed by atoms with van der Waals surface area (Å²) < 4.78 is 0. The average Bonchev–Trinajstić information content (AvgIpc) is 2.06. The first-order chi connectivity index (χ1) is 5.41. The SMILES string of the molecule is CC.CCC(C)(C)C(=O)N(C)C. The molecule has 0 fully saturated rings. The van der Waals surface area contributed by atoms with Crippen molar-refractivity contribution in [2.45, 2.75) is 41.0 Å². The lowest BCUT2D eigenvalue weighted by atomic mass is 9.89. The first-order valence-corrected chi connectivity index (χ1v) is 4.63. The van der Waals surface area contributed by atoms with E-state index in [1.165, 1.54) is 0 Å². The van der Waals surface area contributed by atoms with Gasteiger partial charge < -0.3 is 4.90 Å². The molecule has 0 saturated heterocycles. The van der Waals surface area contributed by atoms with Crippen molar-refractivity contribution in [1.29, 1.82) is 0 Å². The summed E-state index contributed by atoms with van der Waals surface area (Å²) in [5.41, 5.74) is -0.191. The van der Waals surface area contributed by atoms with Crippen molar-refractivity contribution in [3.8, 4) is 0 Å². The lowest BCUT2D eigenvalue weighted by Gasteiger charge is -2.25. The second kappa shape index (κ2) is 6.04. The van der Waals surface area contributed by atoms with Crippen LogP contribution in [0.1, 0.15) is 41.0 Å². The van der Waals surface area contributed by atoms with Gasteiger partial charge in [-0.05, 0) is 6.42 Å². The Morgan fingerprint density at radius 1 is 1.25 bits per heavy atom. The molecule has 0 saturated carbocycles. The van der Waals surface area contributed by atoms with Gasteiger partial charge in [-0.2, -0.15) is 0 Å². The normalized spacial score (nSPS) is 9.92. The van der Waals surface area contributed by atoms with Gasteiger partial charge in [0.1, 0.15) is 0 Å². The summed E-state index contributed by atoms with van der Waals surface area (Å²) in [7, 11) is 3.58. The molecular weight excluding hydrogens is 150 g/mol. The number of hydrogen-bond acceptors (Lipinski definition) is 1. The Kier molecular flexibility index (Phi) is 7.05. The van der Waals surface area contributed by atoms with Crippen LogP contribution in [0.4, 0.5) is 0 Å². The molecule has 0 rings (SSSR count). The fourth-order valence-electron chi connectivity index (χ4n) is 0.757. The first-order valence-electron chi connectivity index (χ1n) is 4.63. The van der Waals surface area contributed by atoms with E-state index in [1.807, 2.05) is 34.6 Å². The van der Waals surface area contributed by atoms with Crippen LogP contribution in [-0.2, 0) is 4.79 Å². The van der Waals surface area contributed by atoms with E-state index in [2.05, 4.69) is 0 Å². The zero-order valence-corrected chi connectivity index (χ0v) is 9.56. The van der Waals surface area contributed by atoms with Gasteiger partial charge in [-0.1, -0.05) is 34.6 Å². The summed E-state index contributed by atoms with van der Waals surface area (Å²) in [5, 5.41) is 0. The van der Waals surface area contributed by atoms with Crippen molar-refractivity contribution in [1.82, 2.24) is 4.90 Å². The number of rotatable bonds is 2. The minimum absolute atomic E-state index is 0.191. The predicted molar refractivity (Wildman–Crippen MR) is 54.1 cm³/mol. The highest BCUT2D eigenvalue weighted by Gasteiger charge is 2.26. The Morgan fingerprint density at radius 2 is 1.58 bits per heavy atom. The molecule has 0 bridgehead atoms. The standard InChI is InChI=1S/C8H17NO.C2H6/c1-6-8(2,3)7(10)9(4)5;1-2/h6H2,1-5H3;1-2H3. The molecule has 0 aromatic carbocycles. The maximum atomic E-state index is 11.3. The molecule has 74 valence electrons. The van der Waals surface area contributed by atoms with Crippen LogP contribution in [0.3, 0.4) is 0 Å². The molecule has 12 heavy (non-hydrogen) atoms. The third-order valence-corrected chi connectivity index (χ3v) is 1.87. The van der Waals surface area contributed by atoms with E-state index in [9.17, 15) is 4.79 Å². The summed E-state index contributed by atoms with van der Waals surface area (Å²) >= 11 is 0. The van der Waals surface area contributed by atoms with Crippen molar-refractivity contribution in [3.63, 3.8) is 0 Å². The van der Waals surface area contributed by atoms with Crippen LogP contribution in [0.2, 0.25) is 0 Å². The van der Waals surface area contributed by atoms with E-state index in [1.54, 1.807) is 19.0 Å². The van der Waals surface area contributed by atoms with Crippen molar-refractivity contribution in [2.24, 2.45) is 5.41 Å². The summed E-state index contributed by atoms with van der Waals surface area (Å²) in [6, 6.07) is 0. The monoisotopic (exact) mass is 173 g/mol. The summed E-state index contributed by atoms with van der Waals surface area (Å²) in [6.45, 7) is 9.96. The average molecular weight is 173 g/mol. The van der Waals surface area contributed by atoms with E-state index in [-0.39, 0.29) is 11.3 Å². The van der Waals surface area contributed by atoms with Gasteiger partial charge in [-0.15, -0.1) is 0 Å². The van der Waals surface area contributed by atoms with Gasteiger partial charge in [0.25, 0.3) is 0 Å².